The second-order valence-corrected chi connectivity index (χ2v) is 10.3. The number of halogens is 3. The van der Waals surface area contributed by atoms with Gasteiger partial charge in [-0.1, -0.05) is 43.0 Å². The molecular formula is C30H35F3N6O2. The van der Waals surface area contributed by atoms with Crippen molar-refractivity contribution in [3.05, 3.63) is 77.6 Å². The van der Waals surface area contributed by atoms with Crippen LogP contribution >= 0.6 is 0 Å². The zero-order chi connectivity index (χ0) is 28.7. The van der Waals surface area contributed by atoms with E-state index in [9.17, 15) is 13.2 Å². The third-order valence-corrected chi connectivity index (χ3v) is 7.19. The van der Waals surface area contributed by atoms with Gasteiger partial charge in [0.1, 0.15) is 11.6 Å². The van der Waals surface area contributed by atoms with E-state index in [0.717, 1.165) is 80.1 Å². The summed E-state index contributed by atoms with van der Waals surface area (Å²) in [4.78, 5) is 17.5. The Kier molecular flexibility index (Phi) is 9.23. The molecule has 8 rings (SSSR count). The van der Waals surface area contributed by atoms with E-state index in [1.54, 1.807) is 0 Å². The van der Waals surface area contributed by atoms with Gasteiger partial charge in [0.25, 0.3) is 0 Å². The summed E-state index contributed by atoms with van der Waals surface area (Å²) in [6.45, 7) is 8.86. The first kappa shape index (κ1) is 28.7. The fourth-order valence-corrected chi connectivity index (χ4v) is 4.88. The van der Waals surface area contributed by atoms with E-state index >= 15 is 0 Å². The molecule has 6 heterocycles. The molecule has 0 aliphatic carbocycles. The number of hydrogen-bond acceptors (Lipinski definition) is 8. The number of benzene rings is 2. The van der Waals surface area contributed by atoms with Gasteiger partial charge in [-0.25, -0.2) is 0 Å². The number of anilines is 1. The van der Waals surface area contributed by atoms with Gasteiger partial charge in [-0.15, -0.1) is 0 Å². The molecule has 0 unspecified atom stereocenters. The zero-order valence-corrected chi connectivity index (χ0v) is 23.0. The van der Waals surface area contributed by atoms with Gasteiger partial charge in [-0.05, 0) is 54.6 Å². The minimum Gasteiger partial charge on any atom is -0.494 e. The molecule has 0 amide bonds. The summed E-state index contributed by atoms with van der Waals surface area (Å²) < 4.78 is 49.2. The molecule has 3 aromatic rings. The van der Waals surface area contributed by atoms with Crippen LogP contribution in [0.25, 0.3) is 5.70 Å². The third-order valence-electron chi connectivity index (χ3n) is 7.19. The molecule has 2 aromatic carbocycles. The molecule has 5 aliphatic heterocycles. The normalized spacial score (nSPS) is 17.4. The van der Waals surface area contributed by atoms with E-state index < -0.39 is 12.8 Å². The van der Waals surface area contributed by atoms with Crippen LogP contribution in [0.4, 0.5) is 19.1 Å². The molecule has 8 nitrogen and oxygen atoms in total. The minimum absolute atomic E-state index is 0.141. The lowest BCUT2D eigenvalue weighted by Crippen LogP contribution is -2.45. The quantitative estimate of drug-likeness (QED) is 0.454. The lowest BCUT2D eigenvalue weighted by atomic mass is 10.1. The number of rotatable bonds is 2. The van der Waals surface area contributed by atoms with Crippen LogP contribution in [-0.2, 0) is 13.0 Å². The smallest absolute Gasteiger partial charge is 0.422 e. The van der Waals surface area contributed by atoms with Crippen LogP contribution in [0.15, 0.2) is 55.1 Å². The fraction of sp³-hybridized carbons (Fsp3) is 0.433. The number of piperazine rings is 1. The number of alkyl halides is 3. The molecule has 0 radical (unpaired) electrons. The second-order valence-electron chi connectivity index (χ2n) is 10.3. The molecule has 41 heavy (non-hydrogen) atoms. The highest BCUT2D eigenvalue weighted by Crippen LogP contribution is 2.22. The Bertz CT molecular complexity index is 1290. The van der Waals surface area contributed by atoms with Gasteiger partial charge in [-0.3, -0.25) is 4.90 Å². The largest absolute Gasteiger partial charge is 0.494 e. The van der Waals surface area contributed by atoms with Gasteiger partial charge in [0.15, 0.2) is 6.61 Å². The molecular weight excluding hydrogens is 533 g/mol. The van der Waals surface area contributed by atoms with Gasteiger partial charge in [0.05, 0.1) is 6.61 Å². The Morgan fingerprint density at radius 1 is 0.854 bits per heavy atom. The van der Waals surface area contributed by atoms with E-state index in [-0.39, 0.29) is 12.0 Å². The van der Waals surface area contributed by atoms with Crippen LogP contribution in [0, 0.1) is 0 Å². The van der Waals surface area contributed by atoms with Gasteiger partial charge in [-0.2, -0.15) is 28.1 Å². The molecule has 5 aliphatic rings. The van der Waals surface area contributed by atoms with E-state index in [0.29, 0.717) is 25.4 Å². The summed E-state index contributed by atoms with van der Waals surface area (Å²) in [5.41, 5.74) is 3.87. The molecule has 1 saturated heterocycles. The van der Waals surface area contributed by atoms with Gasteiger partial charge in [0.2, 0.25) is 5.95 Å². The number of nitrogens with zero attached hydrogens (tertiary/aromatic N) is 5. The standard InChI is InChI=1S/C30H35F3N6O2/c1-22-25-9-5-23(6-10-25)19-27-35-28(37-29(36-27)41-21-30(31,32)33)34-20-24-7-11-26(12-8-24)40-18-4-2-3-13-38-14-16-39(22)17-15-38/h5-12H,1-4,13-21H2,(H,34,35,36,37). The summed E-state index contributed by atoms with van der Waals surface area (Å²) in [6.07, 6.45) is -0.943. The molecule has 0 spiro atoms. The van der Waals surface area contributed by atoms with Crippen molar-refractivity contribution < 1.29 is 22.6 Å². The highest BCUT2D eigenvalue weighted by Gasteiger charge is 2.29. The summed E-state index contributed by atoms with van der Waals surface area (Å²) >= 11 is 0. The average Bonchev–Trinajstić information content (AvgIpc) is 2.97. The Labute approximate surface area is 238 Å². The first-order chi connectivity index (χ1) is 19.8. The molecule has 218 valence electrons. The summed E-state index contributed by atoms with van der Waals surface area (Å²) in [6, 6.07) is 15.3. The Hall–Kier alpha value is -3.86. The van der Waals surface area contributed by atoms with Crippen molar-refractivity contribution in [3.8, 4) is 11.8 Å². The van der Waals surface area contributed by atoms with Crippen molar-refractivity contribution in [3.63, 3.8) is 0 Å². The topological polar surface area (TPSA) is 75.6 Å². The highest BCUT2D eigenvalue weighted by molar-refractivity contribution is 5.62. The lowest BCUT2D eigenvalue weighted by Gasteiger charge is -2.37. The molecule has 1 aromatic heterocycles. The van der Waals surface area contributed by atoms with Crippen molar-refractivity contribution in [2.24, 2.45) is 0 Å². The molecule has 0 atom stereocenters. The van der Waals surface area contributed by atoms with Crippen LogP contribution < -0.4 is 14.8 Å². The fourth-order valence-electron chi connectivity index (χ4n) is 4.88. The Balaban J connectivity index is 1.36. The summed E-state index contributed by atoms with van der Waals surface area (Å²) in [5.74, 6) is 1.24. The number of ether oxygens (including phenoxy) is 2. The number of hydrogen-bond donors (Lipinski definition) is 1. The third kappa shape index (κ3) is 8.56. The predicted octanol–water partition coefficient (Wildman–Crippen LogP) is 5.17. The monoisotopic (exact) mass is 568 g/mol. The number of aromatic nitrogens is 3. The van der Waals surface area contributed by atoms with E-state index in [1.165, 1.54) is 0 Å². The molecule has 11 heteroatoms. The van der Waals surface area contributed by atoms with Crippen molar-refractivity contribution >= 4 is 11.6 Å². The van der Waals surface area contributed by atoms with Crippen molar-refractivity contribution in [1.82, 2.24) is 24.8 Å². The SMILES string of the molecule is C=C1c2ccc(cc2)Cc2nc(nc(OCC(F)(F)F)n2)NCc2ccc(cc2)OCCCCCN2CCN1CC2. The predicted molar refractivity (Wildman–Crippen MR) is 151 cm³/mol. The van der Waals surface area contributed by atoms with E-state index in [4.69, 9.17) is 9.47 Å². The second kappa shape index (κ2) is 13.2. The maximum absolute atomic E-state index is 12.8. The lowest BCUT2D eigenvalue weighted by molar-refractivity contribution is -0.154. The van der Waals surface area contributed by atoms with Crippen molar-refractivity contribution in [2.45, 2.75) is 38.4 Å². The molecule has 1 fully saturated rings. The molecule has 0 saturated carbocycles. The molecule has 1 N–H and O–H groups in total. The summed E-state index contributed by atoms with van der Waals surface area (Å²) in [7, 11) is 0. The van der Waals surface area contributed by atoms with Crippen molar-refractivity contribution in [1.29, 1.82) is 0 Å². The van der Waals surface area contributed by atoms with Gasteiger partial charge >= 0.3 is 12.2 Å². The van der Waals surface area contributed by atoms with Crippen LogP contribution in [-0.4, -0.2) is 76.9 Å². The highest BCUT2D eigenvalue weighted by atomic mass is 19.4. The van der Waals surface area contributed by atoms with Crippen LogP contribution in [0.2, 0.25) is 0 Å². The number of nitrogens with one attached hydrogen (secondary N) is 1. The van der Waals surface area contributed by atoms with Crippen LogP contribution in [0.1, 0.15) is 41.8 Å². The summed E-state index contributed by atoms with van der Waals surface area (Å²) in [5, 5.41) is 3.08. The van der Waals surface area contributed by atoms with Crippen molar-refractivity contribution in [2.75, 3.05) is 51.3 Å². The van der Waals surface area contributed by atoms with Crippen LogP contribution in [0.3, 0.4) is 0 Å². The maximum atomic E-state index is 12.8. The van der Waals surface area contributed by atoms with Gasteiger partial charge < -0.3 is 19.7 Å². The van der Waals surface area contributed by atoms with Crippen LogP contribution in [0.5, 0.6) is 11.8 Å². The number of fused-ring (bicyclic) bond motifs is 3. The average molecular weight is 569 g/mol. The first-order valence-electron chi connectivity index (χ1n) is 14.0. The Morgan fingerprint density at radius 3 is 2.32 bits per heavy atom. The zero-order valence-electron chi connectivity index (χ0n) is 23.0. The van der Waals surface area contributed by atoms with E-state index in [1.807, 2.05) is 48.5 Å². The van der Waals surface area contributed by atoms with Gasteiger partial charge in [0, 0.05) is 44.8 Å². The molecule has 8 bridgehead atoms. The minimum atomic E-state index is -4.51. The maximum Gasteiger partial charge on any atom is 0.422 e. The van der Waals surface area contributed by atoms with E-state index in [2.05, 4.69) is 36.6 Å². The first-order valence-corrected chi connectivity index (χ1v) is 14.0. The Morgan fingerprint density at radius 2 is 1.59 bits per heavy atom.